The van der Waals surface area contributed by atoms with E-state index in [9.17, 15) is 33.2 Å². The number of alkyl halides is 3. The minimum absolute atomic E-state index is 0.310. The Balaban J connectivity index is 2.62. The van der Waals surface area contributed by atoms with Crippen molar-refractivity contribution in [3.63, 3.8) is 0 Å². The minimum atomic E-state index is -4.70. The molecule has 1 saturated heterocycles. The first-order valence-electron chi connectivity index (χ1n) is 7.64. The summed E-state index contributed by atoms with van der Waals surface area (Å²) in [5.41, 5.74) is -2.11. The van der Waals surface area contributed by atoms with Gasteiger partial charge in [0.15, 0.2) is 0 Å². The normalized spacial score (nSPS) is 27.3. The zero-order chi connectivity index (χ0) is 19.2. The van der Waals surface area contributed by atoms with E-state index in [1.54, 1.807) is 20.8 Å². The molecule has 1 aromatic carbocycles. The van der Waals surface area contributed by atoms with Gasteiger partial charge in [-0.1, -0.05) is 39.0 Å². The average molecular weight is 360 g/mol. The molecule has 6 nitrogen and oxygen atoms in total. The fraction of sp³-hybridized carbons (Fsp3) is 0.562. The van der Waals surface area contributed by atoms with Gasteiger partial charge in [-0.05, 0) is 17.0 Å². The molecule has 4 atom stereocenters. The molecule has 1 aliphatic heterocycles. The zero-order valence-corrected chi connectivity index (χ0v) is 13.9. The minimum Gasteiger partial charge on any atom is -0.480 e. The van der Waals surface area contributed by atoms with Crippen LogP contribution in [0.25, 0.3) is 0 Å². The van der Waals surface area contributed by atoms with Crippen molar-refractivity contribution in [3.8, 4) is 0 Å². The monoisotopic (exact) mass is 360 g/mol. The van der Waals surface area contributed by atoms with Crippen LogP contribution < -0.4 is 5.32 Å². The van der Waals surface area contributed by atoms with Gasteiger partial charge in [-0.3, -0.25) is 20.2 Å². The zero-order valence-electron chi connectivity index (χ0n) is 13.9. The molecular weight excluding hydrogens is 341 g/mol. The maximum atomic E-state index is 13.3. The van der Waals surface area contributed by atoms with Gasteiger partial charge in [-0.15, -0.1) is 0 Å². The first-order chi connectivity index (χ1) is 11.4. The second-order valence-electron chi connectivity index (χ2n) is 7.21. The Morgan fingerprint density at radius 3 is 2.24 bits per heavy atom. The van der Waals surface area contributed by atoms with Crippen LogP contribution in [0, 0.1) is 21.4 Å². The number of carboxylic acids is 1. The number of aliphatic carboxylic acids is 1. The lowest BCUT2D eigenvalue weighted by Crippen LogP contribution is -2.44. The number of carboxylic acid groups (broad SMARTS) is 1. The highest BCUT2D eigenvalue weighted by atomic mass is 19.4. The largest absolute Gasteiger partial charge is 0.480 e. The second-order valence-corrected chi connectivity index (χ2v) is 7.21. The van der Waals surface area contributed by atoms with E-state index in [0.717, 1.165) is 12.1 Å². The van der Waals surface area contributed by atoms with Crippen molar-refractivity contribution in [2.45, 2.75) is 45.1 Å². The molecule has 4 unspecified atom stereocenters. The summed E-state index contributed by atoms with van der Waals surface area (Å²) in [6.45, 7) is 4.93. The highest BCUT2D eigenvalue weighted by molar-refractivity contribution is 5.75. The SMILES string of the molecule is CC(C)(C)C1C(C(=O)O)NC(c2ccccc2C(F)(F)F)C1[N+](=O)[O-]. The maximum absolute atomic E-state index is 13.3. The third-order valence-electron chi connectivity index (χ3n) is 4.54. The molecule has 0 bridgehead atoms. The van der Waals surface area contributed by atoms with Crippen LogP contribution in [-0.4, -0.2) is 28.1 Å². The molecule has 0 amide bonds. The summed E-state index contributed by atoms with van der Waals surface area (Å²) < 4.78 is 39.9. The van der Waals surface area contributed by atoms with Crippen molar-refractivity contribution in [2.24, 2.45) is 11.3 Å². The van der Waals surface area contributed by atoms with E-state index in [2.05, 4.69) is 5.32 Å². The topological polar surface area (TPSA) is 92.5 Å². The summed E-state index contributed by atoms with van der Waals surface area (Å²) in [5.74, 6) is -2.30. The van der Waals surface area contributed by atoms with Crippen molar-refractivity contribution in [2.75, 3.05) is 0 Å². The van der Waals surface area contributed by atoms with Crippen LogP contribution in [0.4, 0.5) is 13.2 Å². The lowest BCUT2D eigenvalue weighted by Gasteiger charge is -2.30. The molecular formula is C16H19F3N2O4. The van der Waals surface area contributed by atoms with Crippen LogP contribution in [0.1, 0.15) is 37.9 Å². The molecule has 0 aromatic heterocycles. The summed E-state index contributed by atoms with van der Waals surface area (Å²) in [6.07, 6.45) is -4.70. The molecule has 2 rings (SSSR count). The van der Waals surface area contributed by atoms with E-state index in [-0.39, 0.29) is 5.56 Å². The van der Waals surface area contributed by atoms with E-state index >= 15 is 0 Å². The maximum Gasteiger partial charge on any atom is 0.416 e. The van der Waals surface area contributed by atoms with Crippen LogP contribution in [0.3, 0.4) is 0 Å². The van der Waals surface area contributed by atoms with Gasteiger partial charge >= 0.3 is 12.1 Å². The molecule has 2 N–H and O–H groups in total. The van der Waals surface area contributed by atoms with E-state index in [1.807, 2.05) is 0 Å². The quantitative estimate of drug-likeness (QED) is 0.638. The van der Waals surface area contributed by atoms with E-state index in [1.165, 1.54) is 12.1 Å². The summed E-state index contributed by atoms with van der Waals surface area (Å²) >= 11 is 0. The summed E-state index contributed by atoms with van der Waals surface area (Å²) in [4.78, 5) is 22.6. The van der Waals surface area contributed by atoms with Crippen molar-refractivity contribution in [1.82, 2.24) is 5.32 Å². The van der Waals surface area contributed by atoms with Crippen molar-refractivity contribution < 1.29 is 28.0 Å². The van der Waals surface area contributed by atoms with Gasteiger partial charge in [0.2, 0.25) is 6.04 Å². The highest BCUT2D eigenvalue weighted by Crippen LogP contribution is 2.45. The van der Waals surface area contributed by atoms with E-state index in [4.69, 9.17) is 0 Å². The number of carbonyl (C=O) groups is 1. The number of halogens is 3. The fourth-order valence-electron chi connectivity index (χ4n) is 3.59. The van der Waals surface area contributed by atoms with Gasteiger partial charge in [-0.25, -0.2) is 0 Å². The van der Waals surface area contributed by atoms with E-state index in [0.29, 0.717) is 0 Å². The van der Waals surface area contributed by atoms with Crippen LogP contribution in [0.2, 0.25) is 0 Å². The Bertz CT molecular complexity index is 685. The number of nitrogens with zero attached hydrogens (tertiary/aromatic N) is 1. The number of benzene rings is 1. The molecule has 9 heteroatoms. The van der Waals surface area contributed by atoms with E-state index < -0.39 is 52.1 Å². The number of nitrogens with one attached hydrogen (secondary N) is 1. The molecule has 25 heavy (non-hydrogen) atoms. The molecule has 1 fully saturated rings. The average Bonchev–Trinajstić information content (AvgIpc) is 2.87. The van der Waals surface area contributed by atoms with Gasteiger partial charge in [0, 0.05) is 4.92 Å². The van der Waals surface area contributed by atoms with Gasteiger partial charge in [0.05, 0.1) is 11.5 Å². The Morgan fingerprint density at radius 2 is 1.80 bits per heavy atom. The second kappa shape index (κ2) is 6.29. The Labute approximate surface area is 142 Å². The van der Waals surface area contributed by atoms with Crippen LogP contribution >= 0.6 is 0 Å². The van der Waals surface area contributed by atoms with Gasteiger partial charge in [0.25, 0.3) is 0 Å². The summed E-state index contributed by atoms with van der Waals surface area (Å²) in [6, 6.07) is 0.376. The van der Waals surface area contributed by atoms with Crippen molar-refractivity contribution in [3.05, 3.63) is 45.5 Å². The molecule has 0 aliphatic carbocycles. The molecule has 138 valence electrons. The van der Waals surface area contributed by atoms with Crippen LogP contribution in [0.15, 0.2) is 24.3 Å². The molecule has 0 saturated carbocycles. The van der Waals surface area contributed by atoms with Crippen molar-refractivity contribution >= 4 is 5.97 Å². The number of hydrogen-bond donors (Lipinski definition) is 2. The first-order valence-corrected chi connectivity index (χ1v) is 7.64. The fourth-order valence-corrected chi connectivity index (χ4v) is 3.59. The first kappa shape index (κ1) is 19.2. The molecule has 0 spiro atoms. The molecule has 1 heterocycles. The Hall–Kier alpha value is -2.16. The standard InChI is InChI=1S/C16H19F3N2O4/c1-15(2,3)10-12(14(22)23)20-11(13(10)21(24)25)8-6-4-5-7-9(8)16(17,18)19/h4-7,10-13,20H,1-3H3,(H,22,23). The Morgan fingerprint density at radius 1 is 1.24 bits per heavy atom. The number of hydrogen-bond acceptors (Lipinski definition) is 4. The van der Waals surface area contributed by atoms with Crippen LogP contribution in [-0.2, 0) is 11.0 Å². The number of nitro groups is 1. The third-order valence-corrected chi connectivity index (χ3v) is 4.54. The predicted octanol–water partition coefficient (Wildman–Crippen LogP) is 3.11. The molecule has 1 aromatic rings. The van der Waals surface area contributed by atoms with Gasteiger partial charge < -0.3 is 5.11 Å². The lowest BCUT2D eigenvalue weighted by molar-refractivity contribution is -0.535. The smallest absolute Gasteiger partial charge is 0.416 e. The Kier molecular flexibility index (Phi) is 4.82. The summed E-state index contributed by atoms with van der Waals surface area (Å²) in [7, 11) is 0. The third kappa shape index (κ3) is 3.60. The number of rotatable bonds is 3. The highest BCUT2D eigenvalue weighted by Gasteiger charge is 2.59. The lowest BCUT2D eigenvalue weighted by atomic mass is 9.72. The molecule has 0 radical (unpaired) electrons. The predicted molar refractivity (Wildman–Crippen MR) is 82.5 cm³/mol. The van der Waals surface area contributed by atoms with Gasteiger partial charge in [-0.2, -0.15) is 13.2 Å². The molecule has 1 aliphatic rings. The van der Waals surface area contributed by atoms with Crippen molar-refractivity contribution in [1.29, 1.82) is 0 Å². The summed E-state index contributed by atoms with van der Waals surface area (Å²) in [5, 5.41) is 23.7. The van der Waals surface area contributed by atoms with Crippen LogP contribution in [0.5, 0.6) is 0 Å². The van der Waals surface area contributed by atoms with Gasteiger partial charge in [0.1, 0.15) is 12.1 Å².